The molecule has 0 aliphatic heterocycles. The molecule has 0 bridgehead atoms. The van der Waals surface area contributed by atoms with Gasteiger partial charge in [-0.15, -0.1) is 0 Å². The van der Waals surface area contributed by atoms with E-state index in [4.69, 9.17) is 0 Å². The smallest absolute Gasteiger partial charge is 0.232 e. The Morgan fingerprint density at radius 2 is 1.70 bits per heavy atom. The maximum atomic E-state index is 11.5. The fourth-order valence-corrected chi connectivity index (χ4v) is 2.60. The molecule has 1 aromatic rings. The van der Waals surface area contributed by atoms with Gasteiger partial charge >= 0.3 is 0 Å². The molecule has 1 rings (SSSR count). The van der Waals surface area contributed by atoms with Crippen LogP contribution in [0.5, 0.6) is 0 Å². The molecule has 0 fully saturated rings. The Kier molecular flexibility index (Phi) is 6.02. The van der Waals surface area contributed by atoms with Crippen LogP contribution in [0.3, 0.4) is 0 Å². The zero-order valence-electron chi connectivity index (χ0n) is 12.9. The summed E-state index contributed by atoms with van der Waals surface area (Å²) in [5, 5.41) is 3.33. The highest BCUT2D eigenvalue weighted by molar-refractivity contribution is 7.92. The van der Waals surface area contributed by atoms with Gasteiger partial charge in [-0.05, 0) is 49.5 Å². The van der Waals surface area contributed by atoms with Crippen molar-refractivity contribution >= 4 is 15.7 Å². The fraction of sp³-hybridized carbons (Fsp3) is 0.600. The van der Waals surface area contributed by atoms with Gasteiger partial charge in [0, 0.05) is 5.69 Å². The number of hydrogen-bond acceptors (Lipinski definition) is 3. The van der Waals surface area contributed by atoms with E-state index in [1.54, 1.807) is 6.92 Å². The van der Waals surface area contributed by atoms with E-state index in [9.17, 15) is 8.42 Å². The van der Waals surface area contributed by atoms with Crippen molar-refractivity contribution in [1.82, 2.24) is 5.32 Å². The normalized spacial score (nSPS) is 12.4. The molecule has 0 unspecified atom stereocenters. The molecule has 5 heteroatoms. The highest BCUT2D eigenvalue weighted by Crippen LogP contribution is 2.27. The third-order valence-electron chi connectivity index (χ3n) is 3.50. The predicted molar refractivity (Wildman–Crippen MR) is 85.7 cm³/mol. The first-order valence-corrected chi connectivity index (χ1v) is 8.77. The topological polar surface area (TPSA) is 58.2 Å². The van der Waals surface area contributed by atoms with E-state index in [-0.39, 0.29) is 11.2 Å². The van der Waals surface area contributed by atoms with Gasteiger partial charge in [0.05, 0.1) is 5.75 Å². The lowest BCUT2D eigenvalue weighted by Crippen LogP contribution is -2.25. The van der Waals surface area contributed by atoms with Crippen molar-refractivity contribution in [3.8, 4) is 0 Å². The Morgan fingerprint density at radius 1 is 1.10 bits per heavy atom. The van der Waals surface area contributed by atoms with Crippen molar-refractivity contribution in [3.63, 3.8) is 0 Å². The summed E-state index contributed by atoms with van der Waals surface area (Å²) in [6, 6.07) is 7.66. The third-order valence-corrected chi connectivity index (χ3v) is 4.80. The predicted octanol–water partition coefficient (Wildman–Crippen LogP) is 2.73. The Balaban J connectivity index is 2.75. The van der Waals surface area contributed by atoms with Crippen LogP contribution in [0.15, 0.2) is 24.3 Å². The number of anilines is 1. The van der Waals surface area contributed by atoms with Crippen LogP contribution in [-0.4, -0.2) is 27.3 Å². The van der Waals surface area contributed by atoms with Crippen LogP contribution in [0.25, 0.3) is 0 Å². The summed E-state index contributed by atoms with van der Waals surface area (Å²) in [5.74, 6) is 0.0862. The number of sulfonamides is 1. The first kappa shape index (κ1) is 17.0. The van der Waals surface area contributed by atoms with Crippen molar-refractivity contribution in [3.05, 3.63) is 29.8 Å². The van der Waals surface area contributed by atoms with E-state index in [1.165, 1.54) is 5.56 Å². The average molecular weight is 298 g/mol. The van der Waals surface area contributed by atoms with Gasteiger partial charge in [0.2, 0.25) is 10.0 Å². The molecule has 0 atom stereocenters. The Hall–Kier alpha value is -1.07. The summed E-state index contributed by atoms with van der Waals surface area (Å²) in [6.07, 6.45) is 1.04. The second-order valence-electron chi connectivity index (χ2n) is 5.57. The summed E-state index contributed by atoms with van der Waals surface area (Å²) in [7, 11) is -3.20. The molecule has 0 heterocycles. The van der Waals surface area contributed by atoms with E-state index in [0.29, 0.717) is 5.69 Å². The van der Waals surface area contributed by atoms with E-state index in [1.807, 2.05) is 24.3 Å². The van der Waals surface area contributed by atoms with Crippen LogP contribution in [0.4, 0.5) is 5.69 Å². The molecule has 0 aliphatic carbocycles. The summed E-state index contributed by atoms with van der Waals surface area (Å²) in [5.41, 5.74) is 1.91. The molecule has 2 N–H and O–H groups in total. The SMILES string of the molecule is CCNCCC(C)(C)c1ccc(NS(=O)(=O)CC)cc1. The monoisotopic (exact) mass is 298 g/mol. The molecule has 0 saturated heterocycles. The largest absolute Gasteiger partial charge is 0.317 e. The molecule has 0 radical (unpaired) electrons. The van der Waals surface area contributed by atoms with Gasteiger partial charge in [0.15, 0.2) is 0 Å². The van der Waals surface area contributed by atoms with Crippen LogP contribution < -0.4 is 10.0 Å². The summed E-state index contributed by atoms with van der Waals surface area (Å²) in [6.45, 7) is 10.1. The van der Waals surface area contributed by atoms with Crippen molar-refractivity contribution < 1.29 is 8.42 Å². The van der Waals surface area contributed by atoms with E-state index >= 15 is 0 Å². The van der Waals surface area contributed by atoms with Crippen molar-refractivity contribution in [2.75, 3.05) is 23.6 Å². The second kappa shape index (κ2) is 7.09. The molecule has 0 aliphatic rings. The molecule has 114 valence electrons. The molecular formula is C15H26N2O2S. The van der Waals surface area contributed by atoms with Crippen LogP contribution >= 0.6 is 0 Å². The highest BCUT2D eigenvalue weighted by atomic mass is 32.2. The van der Waals surface area contributed by atoms with Gasteiger partial charge in [0.25, 0.3) is 0 Å². The molecule has 20 heavy (non-hydrogen) atoms. The molecule has 0 aromatic heterocycles. The standard InChI is InChI=1S/C15H26N2O2S/c1-5-16-12-11-15(3,4)13-7-9-14(10-8-13)17-20(18,19)6-2/h7-10,16-17H,5-6,11-12H2,1-4H3. The number of benzene rings is 1. The number of rotatable bonds is 8. The lowest BCUT2D eigenvalue weighted by atomic mass is 9.81. The summed E-state index contributed by atoms with van der Waals surface area (Å²) >= 11 is 0. The van der Waals surface area contributed by atoms with Crippen LogP contribution in [-0.2, 0) is 15.4 Å². The minimum atomic E-state index is -3.20. The van der Waals surface area contributed by atoms with Crippen LogP contribution in [0, 0.1) is 0 Å². The average Bonchev–Trinajstić information content (AvgIpc) is 2.39. The first-order chi connectivity index (χ1) is 9.30. The molecular weight excluding hydrogens is 272 g/mol. The number of hydrogen-bond donors (Lipinski definition) is 2. The molecule has 4 nitrogen and oxygen atoms in total. The van der Waals surface area contributed by atoms with Crippen molar-refractivity contribution in [2.45, 2.75) is 39.5 Å². The van der Waals surface area contributed by atoms with Gasteiger partial charge < -0.3 is 5.32 Å². The van der Waals surface area contributed by atoms with Crippen LogP contribution in [0.1, 0.15) is 39.7 Å². The minimum absolute atomic E-state index is 0.0737. The van der Waals surface area contributed by atoms with Gasteiger partial charge in [-0.2, -0.15) is 0 Å². The van der Waals surface area contributed by atoms with Crippen molar-refractivity contribution in [1.29, 1.82) is 0 Å². The number of nitrogens with one attached hydrogen (secondary N) is 2. The van der Waals surface area contributed by atoms with Gasteiger partial charge in [-0.1, -0.05) is 32.9 Å². The first-order valence-electron chi connectivity index (χ1n) is 7.12. The maximum absolute atomic E-state index is 11.5. The fourth-order valence-electron chi connectivity index (χ4n) is 1.96. The highest BCUT2D eigenvalue weighted by Gasteiger charge is 2.20. The zero-order valence-corrected chi connectivity index (χ0v) is 13.7. The van der Waals surface area contributed by atoms with E-state index < -0.39 is 10.0 Å². The van der Waals surface area contributed by atoms with Gasteiger partial charge in [0.1, 0.15) is 0 Å². The molecule has 0 saturated carbocycles. The van der Waals surface area contributed by atoms with E-state index in [0.717, 1.165) is 19.5 Å². The Labute approximate surface area is 123 Å². The maximum Gasteiger partial charge on any atom is 0.232 e. The zero-order chi connectivity index (χ0) is 15.2. The lowest BCUT2D eigenvalue weighted by Gasteiger charge is -2.25. The Bertz CT molecular complexity index is 507. The third kappa shape index (κ3) is 5.13. The van der Waals surface area contributed by atoms with Crippen molar-refractivity contribution in [2.24, 2.45) is 0 Å². The second-order valence-corrected chi connectivity index (χ2v) is 7.58. The van der Waals surface area contributed by atoms with Gasteiger partial charge in [-0.3, -0.25) is 4.72 Å². The minimum Gasteiger partial charge on any atom is -0.317 e. The van der Waals surface area contributed by atoms with E-state index in [2.05, 4.69) is 30.8 Å². The van der Waals surface area contributed by atoms with Gasteiger partial charge in [-0.25, -0.2) is 8.42 Å². The summed E-state index contributed by atoms with van der Waals surface area (Å²) < 4.78 is 25.6. The summed E-state index contributed by atoms with van der Waals surface area (Å²) in [4.78, 5) is 0. The van der Waals surface area contributed by atoms with Crippen LogP contribution in [0.2, 0.25) is 0 Å². The molecule has 0 spiro atoms. The molecule has 1 aromatic carbocycles. The quantitative estimate of drug-likeness (QED) is 0.726. The molecule has 0 amide bonds. The lowest BCUT2D eigenvalue weighted by molar-refractivity contribution is 0.461. The Morgan fingerprint density at radius 3 is 2.20 bits per heavy atom.